The zero-order chi connectivity index (χ0) is 16.8. The van der Waals surface area contributed by atoms with Crippen LogP contribution in [0.3, 0.4) is 0 Å². The third kappa shape index (κ3) is 10.4. The predicted molar refractivity (Wildman–Crippen MR) is 97.0 cm³/mol. The Kier molecular flexibility index (Phi) is 11.7. The van der Waals surface area contributed by atoms with Crippen molar-refractivity contribution in [3.63, 3.8) is 0 Å². The maximum absolute atomic E-state index is 5.84. The van der Waals surface area contributed by atoms with Crippen molar-refractivity contribution in [1.29, 1.82) is 0 Å². The quantitative estimate of drug-likeness (QED) is 0.240. The minimum absolute atomic E-state index is 0.0412. The molecule has 2 radical (unpaired) electrons. The van der Waals surface area contributed by atoms with Gasteiger partial charge in [0.2, 0.25) is 0 Å². The lowest BCUT2D eigenvalue weighted by Gasteiger charge is -2.18. The molecule has 4 nitrogen and oxygen atoms in total. The molecule has 0 amide bonds. The van der Waals surface area contributed by atoms with E-state index >= 15 is 0 Å². The summed E-state index contributed by atoms with van der Waals surface area (Å²) >= 11 is 0. The molecule has 0 atom stereocenters. The Morgan fingerprint density at radius 3 is 2.30 bits per heavy atom. The van der Waals surface area contributed by atoms with E-state index in [-0.39, 0.29) is 5.91 Å². The normalized spacial score (nSPS) is 11.1. The van der Waals surface area contributed by atoms with E-state index < -0.39 is 0 Å². The second-order valence-electron chi connectivity index (χ2n) is 5.51. The average Bonchev–Trinajstić information content (AvgIpc) is 2.54. The van der Waals surface area contributed by atoms with E-state index in [4.69, 9.17) is 19.9 Å². The molecule has 0 aliphatic rings. The number of nitrogens with two attached hydrogens (primary N) is 1. The third-order valence-electron chi connectivity index (χ3n) is 3.29. The summed E-state index contributed by atoms with van der Waals surface area (Å²) in [7, 11) is 0.662. The molecule has 130 valence electrons. The molecule has 0 heterocycles. The molecule has 0 unspecified atom stereocenters. The van der Waals surface area contributed by atoms with Crippen LogP contribution in [0.1, 0.15) is 46.0 Å². The van der Waals surface area contributed by atoms with E-state index in [1.54, 1.807) is 0 Å². The molecule has 0 fully saturated rings. The first-order valence-electron chi connectivity index (χ1n) is 8.71. The standard InChI is InChI=1S/C18H31NO3Si/c1-3-5-11-21-18(22-12-6-4-2)23-14-8-13-20-17-10-7-9-16(19)15-17/h7,9-10,15,18H,3-6,8,11-14,19H2,1-2H3. The van der Waals surface area contributed by atoms with E-state index in [1.165, 1.54) is 0 Å². The third-order valence-corrected chi connectivity index (χ3v) is 4.60. The lowest BCUT2D eigenvalue weighted by atomic mass is 10.3. The van der Waals surface area contributed by atoms with Crippen LogP contribution in [0.2, 0.25) is 6.04 Å². The van der Waals surface area contributed by atoms with Gasteiger partial charge in [-0.2, -0.15) is 0 Å². The van der Waals surface area contributed by atoms with Crippen LogP contribution in [0.25, 0.3) is 0 Å². The maximum Gasteiger partial charge on any atom is 0.137 e. The molecule has 0 spiro atoms. The van der Waals surface area contributed by atoms with Crippen molar-refractivity contribution >= 4 is 15.2 Å². The van der Waals surface area contributed by atoms with Crippen molar-refractivity contribution in [2.24, 2.45) is 0 Å². The fraction of sp³-hybridized carbons (Fsp3) is 0.667. The van der Waals surface area contributed by atoms with E-state index in [0.717, 1.165) is 62.8 Å². The average molecular weight is 338 g/mol. The van der Waals surface area contributed by atoms with Gasteiger partial charge in [-0.25, -0.2) is 0 Å². The lowest BCUT2D eigenvalue weighted by Crippen LogP contribution is -2.26. The highest BCUT2D eigenvalue weighted by Crippen LogP contribution is 2.14. The van der Waals surface area contributed by atoms with Crippen LogP contribution < -0.4 is 10.5 Å². The van der Waals surface area contributed by atoms with Crippen molar-refractivity contribution < 1.29 is 14.2 Å². The molecule has 0 aliphatic carbocycles. The van der Waals surface area contributed by atoms with Gasteiger partial charge < -0.3 is 19.9 Å². The fourth-order valence-corrected chi connectivity index (χ4v) is 2.98. The van der Waals surface area contributed by atoms with Gasteiger partial charge in [0.15, 0.2) is 0 Å². The van der Waals surface area contributed by atoms with Crippen LogP contribution in [0, 0.1) is 0 Å². The van der Waals surface area contributed by atoms with Gasteiger partial charge in [-0.3, -0.25) is 0 Å². The molecule has 0 saturated heterocycles. The SMILES string of the molecule is CCCCOC(OCCCC)[Si]CCCOc1cccc(N)c1. The highest BCUT2D eigenvalue weighted by atomic mass is 28.2. The van der Waals surface area contributed by atoms with Gasteiger partial charge in [0.05, 0.1) is 6.61 Å². The van der Waals surface area contributed by atoms with E-state index in [1.807, 2.05) is 24.3 Å². The monoisotopic (exact) mass is 337 g/mol. The van der Waals surface area contributed by atoms with E-state index in [2.05, 4.69) is 13.8 Å². The Hall–Kier alpha value is -1.04. The van der Waals surface area contributed by atoms with E-state index in [0.29, 0.717) is 16.1 Å². The molecular weight excluding hydrogens is 306 g/mol. The summed E-state index contributed by atoms with van der Waals surface area (Å²) in [5.41, 5.74) is 6.47. The number of benzene rings is 1. The topological polar surface area (TPSA) is 53.7 Å². The molecule has 5 heteroatoms. The summed E-state index contributed by atoms with van der Waals surface area (Å²) in [5, 5.41) is 0. The maximum atomic E-state index is 5.84. The van der Waals surface area contributed by atoms with Gasteiger partial charge in [0.25, 0.3) is 0 Å². The molecule has 0 aliphatic heterocycles. The zero-order valence-corrected chi connectivity index (χ0v) is 15.6. The van der Waals surface area contributed by atoms with Crippen LogP contribution in [0.5, 0.6) is 5.75 Å². The number of anilines is 1. The number of rotatable bonds is 14. The largest absolute Gasteiger partial charge is 0.494 e. The second kappa shape index (κ2) is 13.4. The predicted octanol–water partition coefficient (Wildman–Crippen LogP) is 4.08. The van der Waals surface area contributed by atoms with Gasteiger partial charge >= 0.3 is 0 Å². The molecule has 23 heavy (non-hydrogen) atoms. The van der Waals surface area contributed by atoms with Gasteiger partial charge in [-0.1, -0.05) is 38.8 Å². The Morgan fingerprint density at radius 2 is 1.70 bits per heavy atom. The molecule has 1 aromatic rings. The molecule has 0 aromatic heterocycles. The number of hydrogen-bond donors (Lipinski definition) is 1. The number of ether oxygens (including phenoxy) is 3. The first-order chi connectivity index (χ1) is 11.3. The summed E-state index contributed by atoms with van der Waals surface area (Å²) < 4.78 is 17.4. The fourth-order valence-electron chi connectivity index (χ4n) is 1.92. The van der Waals surface area contributed by atoms with Crippen LogP contribution in [-0.2, 0) is 9.47 Å². The lowest BCUT2D eigenvalue weighted by molar-refractivity contribution is -0.0921. The van der Waals surface area contributed by atoms with Crippen LogP contribution >= 0.6 is 0 Å². The molecule has 0 saturated carbocycles. The van der Waals surface area contributed by atoms with Gasteiger partial charge in [-0.15, -0.1) is 0 Å². The summed E-state index contributed by atoms with van der Waals surface area (Å²) in [6.45, 7) is 6.63. The molecule has 1 rings (SSSR count). The number of nitrogen functional groups attached to an aromatic ring is 1. The Balaban J connectivity index is 2.16. The van der Waals surface area contributed by atoms with Gasteiger partial charge in [0, 0.05) is 25.0 Å². The van der Waals surface area contributed by atoms with Crippen molar-refractivity contribution in [3.05, 3.63) is 24.3 Å². The number of hydrogen-bond acceptors (Lipinski definition) is 4. The minimum Gasteiger partial charge on any atom is -0.494 e. The summed E-state index contributed by atoms with van der Waals surface area (Å²) in [4.78, 5) is 0. The first kappa shape index (κ1) is 20.0. The van der Waals surface area contributed by atoms with E-state index in [9.17, 15) is 0 Å². The minimum atomic E-state index is -0.0412. The van der Waals surface area contributed by atoms with Gasteiger partial charge in [0.1, 0.15) is 21.2 Å². The highest BCUT2D eigenvalue weighted by Gasteiger charge is 2.10. The van der Waals surface area contributed by atoms with Crippen molar-refractivity contribution in [2.45, 2.75) is 57.9 Å². The molecule has 1 aromatic carbocycles. The first-order valence-corrected chi connectivity index (χ1v) is 9.99. The Labute approximate surface area is 143 Å². The van der Waals surface area contributed by atoms with Crippen molar-refractivity contribution in [3.8, 4) is 5.75 Å². The summed E-state index contributed by atoms with van der Waals surface area (Å²) in [6, 6.07) is 8.62. The second-order valence-corrected chi connectivity index (χ2v) is 6.89. The Bertz CT molecular complexity index is 394. The molecule has 2 N–H and O–H groups in total. The van der Waals surface area contributed by atoms with Crippen molar-refractivity contribution in [2.75, 3.05) is 25.6 Å². The Morgan fingerprint density at radius 1 is 1.00 bits per heavy atom. The van der Waals surface area contributed by atoms with Crippen molar-refractivity contribution in [1.82, 2.24) is 0 Å². The molecular formula is C18H31NO3Si. The zero-order valence-electron chi connectivity index (χ0n) is 14.6. The summed E-state index contributed by atoms with van der Waals surface area (Å²) in [6.07, 6.45) is 5.49. The summed E-state index contributed by atoms with van der Waals surface area (Å²) in [5.74, 6) is 0.795. The molecule has 0 bridgehead atoms. The smallest absolute Gasteiger partial charge is 0.137 e. The van der Waals surface area contributed by atoms with Crippen LogP contribution in [0.4, 0.5) is 5.69 Å². The van der Waals surface area contributed by atoms with Gasteiger partial charge in [-0.05, 0) is 31.4 Å². The van der Waals surface area contributed by atoms with Crippen LogP contribution in [0.15, 0.2) is 24.3 Å². The number of unbranched alkanes of at least 4 members (excludes halogenated alkanes) is 2. The van der Waals surface area contributed by atoms with Crippen LogP contribution in [-0.4, -0.2) is 35.3 Å². The highest BCUT2D eigenvalue weighted by molar-refractivity contribution is 6.36.